The summed E-state index contributed by atoms with van der Waals surface area (Å²) < 4.78 is 11.4. The van der Waals surface area contributed by atoms with Gasteiger partial charge in [-0.2, -0.15) is 0 Å². The van der Waals surface area contributed by atoms with Crippen LogP contribution >= 0.6 is 15.9 Å². The molecule has 0 unspecified atom stereocenters. The summed E-state index contributed by atoms with van der Waals surface area (Å²) in [6.45, 7) is 2.03. The van der Waals surface area contributed by atoms with Crippen LogP contribution in [-0.2, 0) is 0 Å². The van der Waals surface area contributed by atoms with Crippen LogP contribution in [0.1, 0.15) is 5.56 Å². The second-order valence-corrected chi connectivity index (χ2v) is 4.87. The molecule has 0 aliphatic heterocycles. The summed E-state index contributed by atoms with van der Waals surface area (Å²) in [7, 11) is 0. The van der Waals surface area contributed by atoms with Crippen molar-refractivity contribution in [2.75, 3.05) is 0 Å². The predicted molar refractivity (Wildman–Crippen MR) is 70.8 cm³/mol. The Hall–Kier alpha value is -1.88. The monoisotopic (exact) mass is 304 g/mol. The normalized spacial score (nSPS) is 10.8. The lowest BCUT2D eigenvalue weighted by Crippen LogP contribution is -1.86. The Kier molecular flexibility index (Phi) is 2.76. The van der Waals surface area contributed by atoms with E-state index >= 15 is 0 Å². The van der Waals surface area contributed by atoms with Gasteiger partial charge < -0.3 is 4.74 Å². The molecule has 0 bridgehead atoms. The fraction of sp³-hybridized carbons (Fsp3) is 0.0769. The number of benzene rings is 2. The van der Waals surface area contributed by atoms with Gasteiger partial charge in [0.1, 0.15) is 11.3 Å². The quantitative estimate of drug-likeness (QED) is 0.715. The Morgan fingerprint density at radius 3 is 2.67 bits per heavy atom. The highest BCUT2D eigenvalue weighted by Gasteiger charge is 2.10. The van der Waals surface area contributed by atoms with Crippen molar-refractivity contribution in [3.8, 4) is 11.5 Å². The molecule has 0 aliphatic carbocycles. The highest BCUT2D eigenvalue weighted by atomic mass is 79.9. The number of nitrogens with zero attached hydrogens (tertiary/aromatic N) is 2. The zero-order chi connectivity index (χ0) is 12.5. The van der Waals surface area contributed by atoms with Crippen LogP contribution in [0.3, 0.4) is 0 Å². The van der Waals surface area contributed by atoms with Crippen molar-refractivity contribution in [1.29, 1.82) is 0 Å². The van der Waals surface area contributed by atoms with Gasteiger partial charge >= 0.3 is 0 Å². The topological polar surface area (TPSA) is 48.2 Å². The van der Waals surface area contributed by atoms with Crippen molar-refractivity contribution in [3.63, 3.8) is 0 Å². The molecule has 2 aromatic carbocycles. The molecule has 0 N–H and O–H groups in total. The maximum Gasteiger partial charge on any atom is 0.177 e. The number of hydrogen-bond donors (Lipinski definition) is 0. The van der Waals surface area contributed by atoms with Crippen LogP contribution < -0.4 is 4.74 Å². The molecular formula is C13H9BrN2O2. The van der Waals surface area contributed by atoms with Gasteiger partial charge in [-0.3, -0.25) is 0 Å². The van der Waals surface area contributed by atoms with Crippen LogP contribution in [0.2, 0.25) is 0 Å². The van der Waals surface area contributed by atoms with Gasteiger partial charge in [-0.15, -0.1) is 0 Å². The second kappa shape index (κ2) is 4.42. The van der Waals surface area contributed by atoms with Crippen molar-refractivity contribution < 1.29 is 9.37 Å². The van der Waals surface area contributed by atoms with E-state index in [1.807, 2.05) is 43.3 Å². The standard InChI is InChI=1S/C13H9BrN2O2/c1-8-2-4-10(5-3-8)17-12-7-9(14)6-11-13(12)16-18-15-11/h2-7H,1H3. The average molecular weight is 305 g/mol. The highest BCUT2D eigenvalue weighted by Crippen LogP contribution is 2.31. The molecular weight excluding hydrogens is 296 g/mol. The Bertz CT molecular complexity index is 692. The van der Waals surface area contributed by atoms with Gasteiger partial charge in [-0.1, -0.05) is 33.6 Å². The number of halogens is 1. The first kappa shape index (κ1) is 11.2. The number of fused-ring (bicyclic) bond motifs is 1. The first-order chi connectivity index (χ1) is 8.72. The largest absolute Gasteiger partial charge is 0.455 e. The molecule has 0 aliphatic rings. The third-order valence-electron chi connectivity index (χ3n) is 2.54. The Labute approximate surface area is 112 Å². The van der Waals surface area contributed by atoms with E-state index in [1.54, 1.807) is 0 Å². The predicted octanol–water partition coefficient (Wildman–Crippen LogP) is 4.09. The first-order valence-electron chi connectivity index (χ1n) is 5.39. The van der Waals surface area contributed by atoms with Crippen molar-refractivity contribution in [2.24, 2.45) is 0 Å². The first-order valence-corrected chi connectivity index (χ1v) is 6.18. The highest BCUT2D eigenvalue weighted by molar-refractivity contribution is 9.10. The van der Waals surface area contributed by atoms with Gasteiger partial charge in [0.25, 0.3) is 0 Å². The minimum atomic E-state index is 0.610. The summed E-state index contributed by atoms with van der Waals surface area (Å²) >= 11 is 3.40. The van der Waals surface area contributed by atoms with E-state index in [0.717, 1.165) is 10.2 Å². The number of aryl methyl sites for hydroxylation is 1. The minimum absolute atomic E-state index is 0.610. The molecule has 4 nitrogen and oxygen atoms in total. The lowest BCUT2D eigenvalue weighted by Gasteiger charge is -2.06. The SMILES string of the molecule is Cc1ccc(Oc2cc(Br)cc3nonc23)cc1. The number of ether oxygens (including phenoxy) is 1. The van der Waals surface area contributed by atoms with Gasteiger partial charge in [-0.25, -0.2) is 4.63 Å². The molecule has 0 fully saturated rings. The molecule has 0 spiro atoms. The Balaban J connectivity index is 2.03. The van der Waals surface area contributed by atoms with Crippen LogP contribution in [-0.4, -0.2) is 10.3 Å². The summed E-state index contributed by atoms with van der Waals surface area (Å²) in [5.41, 5.74) is 2.45. The van der Waals surface area contributed by atoms with Crippen molar-refractivity contribution >= 4 is 27.0 Å². The van der Waals surface area contributed by atoms with E-state index < -0.39 is 0 Å². The lowest BCUT2D eigenvalue weighted by molar-refractivity contribution is 0.314. The third kappa shape index (κ3) is 2.09. The van der Waals surface area contributed by atoms with Crippen LogP contribution in [0.15, 0.2) is 45.5 Å². The summed E-state index contributed by atoms with van der Waals surface area (Å²) in [4.78, 5) is 0. The average Bonchev–Trinajstić information content (AvgIpc) is 2.80. The van der Waals surface area contributed by atoms with E-state index in [9.17, 15) is 0 Å². The number of hydrogen-bond acceptors (Lipinski definition) is 4. The molecule has 0 atom stereocenters. The van der Waals surface area contributed by atoms with Crippen molar-refractivity contribution in [1.82, 2.24) is 10.3 Å². The van der Waals surface area contributed by atoms with E-state index in [4.69, 9.17) is 9.37 Å². The van der Waals surface area contributed by atoms with Gasteiger partial charge in [0.05, 0.1) is 0 Å². The zero-order valence-corrected chi connectivity index (χ0v) is 11.1. The molecule has 0 amide bonds. The molecule has 5 heteroatoms. The molecule has 1 aromatic heterocycles. The van der Waals surface area contributed by atoms with Crippen LogP contribution in [0.4, 0.5) is 0 Å². The van der Waals surface area contributed by atoms with Crippen molar-refractivity contribution in [2.45, 2.75) is 6.92 Å². The number of rotatable bonds is 2. The molecule has 0 saturated carbocycles. The van der Waals surface area contributed by atoms with Crippen LogP contribution in [0.25, 0.3) is 11.0 Å². The zero-order valence-electron chi connectivity index (χ0n) is 9.55. The summed E-state index contributed by atoms with van der Waals surface area (Å²) in [6, 6.07) is 11.5. The fourth-order valence-electron chi connectivity index (χ4n) is 1.64. The molecule has 3 rings (SSSR count). The minimum Gasteiger partial charge on any atom is -0.455 e. The smallest absolute Gasteiger partial charge is 0.177 e. The molecule has 18 heavy (non-hydrogen) atoms. The van der Waals surface area contributed by atoms with E-state index in [1.165, 1.54) is 5.56 Å². The van der Waals surface area contributed by atoms with Gasteiger partial charge in [0, 0.05) is 4.47 Å². The molecule has 0 radical (unpaired) electrons. The lowest BCUT2D eigenvalue weighted by atomic mass is 10.2. The van der Waals surface area contributed by atoms with Gasteiger partial charge in [-0.05, 0) is 41.5 Å². The number of aromatic nitrogens is 2. The Morgan fingerprint density at radius 2 is 1.89 bits per heavy atom. The van der Waals surface area contributed by atoms with Gasteiger partial charge in [0.15, 0.2) is 11.3 Å². The van der Waals surface area contributed by atoms with E-state index in [2.05, 4.69) is 26.2 Å². The molecule has 1 heterocycles. The maximum atomic E-state index is 5.79. The molecule has 3 aromatic rings. The maximum absolute atomic E-state index is 5.79. The molecule has 0 saturated heterocycles. The Morgan fingerprint density at radius 1 is 1.11 bits per heavy atom. The van der Waals surface area contributed by atoms with E-state index in [0.29, 0.717) is 16.8 Å². The van der Waals surface area contributed by atoms with Crippen molar-refractivity contribution in [3.05, 3.63) is 46.4 Å². The second-order valence-electron chi connectivity index (χ2n) is 3.95. The summed E-state index contributed by atoms with van der Waals surface area (Å²) in [5.74, 6) is 1.37. The molecule has 90 valence electrons. The van der Waals surface area contributed by atoms with Gasteiger partial charge in [0.2, 0.25) is 0 Å². The van der Waals surface area contributed by atoms with Crippen LogP contribution in [0.5, 0.6) is 11.5 Å². The third-order valence-corrected chi connectivity index (χ3v) is 3.00. The summed E-state index contributed by atoms with van der Waals surface area (Å²) in [6.07, 6.45) is 0. The fourth-order valence-corrected chi connectivity index (χ4v) is 2.06. The van der Waals surface area contributed by atoms with E-state index in [-0.39, 0.29) is 0 Å². The van der Waals surface area contributed by atoms with Crippen LogP contribution in [0, 0.1) is 6.92 Å². The summed E-state index contributed by atoms with van der Waals surface area (Å²) in [5, 5.41) is 7.64.